The van der Waals surface area contributed by atoms with Gasteiger partial charge in [-0.05, 0) is 49.4 Å². The van der Waals surface area contributed by atoms with Crippen molar-refractivity contribution in [1.82, 2.24) is 4.98 Å². The number of carbonyl (C=O) groups excluding carboxylic acids is 1. The zero-order chi connectivity index (χ0) is 18.9. The van der Waals surface area contributed by atoms with Gasteiger partial charge >= 0.3 is 6.18 Å². The molecule has 9 heteroatoms. The number of rotatable bonds is 5. The standard InChI is InChI=1S/C17H13F3N2O3S/c1-9(15(21)23)24-11-3-5-12(6-4-11)25-16-22-13-8-10(17(18,19)20)2-7-14(13)26-16/h2-9H,1H3,(H2,21,23). The van der Waals surface area contributed by atoms with Gasteiger partial charge in [-0.1, -0.05) is 11.3 Å². The monoisotopic (exact) mass is 382 g/mol. The number of hydrogen-bond donors (Lipinski definition) is 1. The highest BCUT2D eigenvalue weighted by molar-refractivity contribution is 7.20. The second-order valence-electron chi connectivity index (χ2n) is 5.40. The predicted molar refractivity (Wildman–Crippen MR) is 90.4 cm³/mol. The maximum absolute atomic E-state index is 12.8. The molecular formula is C17H13F3N2O3S. The van der Waals surface area contributed by atoms with Crippen molar-refractivity contribution in [2.24, 2.45) is 5.73 Å². The molecule has 0 saturated carbocycles. The van der Waals surface area contributed by atoms with Gasteiger partial charge in [-0.25, -0.2) is 4.98 Å². The van der Waals surface area contributed by atoms with Crippen LogP contribution in [0.5, 0.6) is 16.7 Å². The number of primary amides is 1. The van der Waals surface area contributed by atoms with Gasteiger partial charge in [0.15, 0.2) is 6.10 Å². The lowest BCUT2D eigenvalue weighted by molar-refractivity contribution is -0.137. The van der Waals surface area contributed by atoms with Gasteiger partial charge in [0.1, 0.15) is 11.5 Å². The molecule has 0 aliphatic rings. The number of benzene rings is 2. The smallest absolute Gasteiger partial charge is 0.416 e. The quantitative estimate of drug-likeness (QED) is 0.712. The molecule has 3 aromatic rings. The Morgan fingerprint density at radius 1 is 1.15 bits per heavy atom. The zero-order valence-electron chi connectivity index (χ0n) is 13.4. The molecule has 1 unspecified atom stereocenters. The lowest BCUT2D eigenvalue weighted by Crippen LogP contribution is -2.30. The molecule has 0 fully saturated rings. The van der Waals surface area contributed by atoms with Crippen LogP contribution in [0.25, 0.3) is 10.2 Å². The number of fused-ring (bicyclic) bond motifs is 1. The van der Waals surface area contributed by atoms with Crippen LogP contribution < -0.4 is 15.2 Å². The number of aromatic nitrogens is 1. The SMILES string of the molecule is CC(Oc1ccc(Oc2nc3cc(C(F)(F)F)ccc3s2)cc1)C(N)=O. The number of nitrogens with two attached hydrogens (primary N) is 1. The lowest BCUT2D eigenvalue weighted by Gasteiger charge is -2.11. The fourth-order valence-electron chi connectivity index (χ4n) is 2.08. The molecule has 136 valence electrons. The average molecular weight is 382 g/mol. The van der Waals surface area contributed by atoms with Crippen LogP contribution in [0.2, 0.25) is 0 Å². The highest BCUT2D eigenvalue weighted by atomic mass is 32.1. The number of thiazole rings is 1. The summed E-state index contributed by atoms with van der Waals surface area (Å²) in [7, 11) is 0. The van der Waals surface area contributed by atoms with E-state index in [0.29, 0.717) is 16.2 Å². The van der Waals surface area contributed by atoms with Crippen molar-refractivity contribution in [3.05, 3.63) is 48.0 Å². The van der Waals surface area contributed by atoms with E-state index in [1.807, 2.05) is 0 Å². The lowest BCUT2D eigenvalue weighted by atomic mass is 10.2. The number of alkyl halides is 3. The van der Waals surface area contributed by atoms with E-state index in [4.69, 9.17) is 15.2 Å². The molecular weight excluding hydrogens is 369 g/mol. The van der Waals surface area contributed by atoms with Crippen LogP contribution in [-0.2, 0) is 11.0 Å². The molecule has 0 aliphatic carbocycles. The largest absolute Gasteiger partial charge is 0.481 e. The number of ether oxygens (including phenoxy) is 2. The third-order valence-electron chi connectivity index (χ3n) is 3.44. The van der Waals surface area contributed by atoms with Crippen molar-refractivity contribution >= 4 is 27.5 Å². The van der Waals surface area contributed by atoms with Crippen LogP contribution in [0.15, 0.2) is 42.5 Å². The highest BCUT2D eigenvalue weighted by Gasteiger charge is 2.30. The zero-order valence-corrected chi connectivity index (χ0v) is 14.2. The molecule has 26 heavy (non-hydrogen) atoms. The van der Waals surface area contributed by atoms with E-state index >= 15 is 0 Å². The fraction of sp³-hybridized carbons (Fsp3) is 0.176. The summed E-state index contributed by atoms with van der Waals surface area (Å²) in [6.07, 6.45) is -5.19. The Kier molecular flexibility index (Phi) is 4.73. The Labute approximate surface area is 150 Å². The van der Waals surface area contributed by atoms with Crippen molar-refractivity contribution in [3.8, 4) is 16.7 Å². The van der Waals surface area contributed by atoms with E-state index in [0.717, 1.165) is 23.5 Å². The van der Waals surface area contributed by atoms with Crippen molar-refractivity contribution in [1.29, 1.82) is 0 Å². The van der Waals surface area contributed by atoms with Gasteiger partial charge in [0.2, 0.25) is 0 Å². The summed E-state index contributed by atoms with van der Waals surface area (Å²) in [5.74, 6) is 0.278. The second kappa shape index (κ2) is 6.83. The number of carbonyl (C=O) groups is 1. The van der Waals surface area contributed by atoms with Crippen molar-refractivity contribution in [2.75, 3.05) is 0 Å². The highest BCUT2D eigenvalue weighted by Crippen LogP contribution is 2.36. The van der Waals surface area contributed by atoms with Gasteiger partial charge in [-0.2, -0.15) is 13.2 Å². The van der Waals surface area contributed by atoms with Gasteiger partial charge in [0.25, 0.3) is 11.1 Å². The van der Waals surface area contributed by atoms with Crippen LogP contribution >= 0.6 is 11.3 Å². The van der Waals surface area contributed by atoms with Crippen LogP contribution in [0.4, 0.5) is 13.2 Å². The summed E-state index contributed by atoms with van der Waals surface area (Å²) in [6, 6.07) is 9.72. The van der Waals surface area contributed by atoms with Gasteiger partial charge < -0.3 is 15.2 Å². The number of halogens is 3. The molecule has 1 aromatic heterocycles. The summed E-state index contributed by atoms with van der Waals surface area (Å²) >= 11 is 1.14. The Morgan fingerprint density at radius 3 is 2.42 bits per heavy atom. The molecule has 0 bridgehead atoms. The van der Waals surface area contributed by atoms with Crippen LogP contribution in [-0.4, -0.2) is 17.0 Å². The molecule has 0 aliphatic heterocycles. The molecule has 1 amide bonds. The molecule has 0 radical (unpaired) electrons. The molecule has 2 aromatic carbocycles. The average Bonchev–Trinajstić information content (AvgIpc) is 2.97. The first-order valence-corrected chi connectivity index (χ1v) is 8.26. The third-order valence-corrected chi connectivity index (χ3v) is 4.35. The minimum absolute atomic E-state index is 0.218. The van der Waals surface area contributed by atoms with Gasteiger partial charge in [-0.3, -0.25) is 4.79 Å². The van der Waals surface area contributed by atoms with Crippen molar-refractivity contribution in [2.45, 2.75) is 19.2 Å². The summed E-state index contributed by atoms with van der Waals surface area (Å²) in [4.78, 5) is 15.1. The summed E-state index contributed by atoms with van der Waals surface area (Å²) in [5, 5.41) is 0.221. The molecule has 2 N–H and O–H groups in total. The number of hydrogen-bond acceptors (Lipinski definition) is 5. The number of amides is 1. The van der Waals surface area contributed by atoms with E-state index in [1.165, 1.54) is 13.0 Å². The third kappa shape index (κ3) is 4.05. The van der Waals surface area contributed by atoms with E-state index < -0.39 is 23.8 Å². The second-order valence-corrected chi connectivity index (χ2v) is 6.39. The topological polar surface area (TPSA) is 74.4 Å². The van der Waals surface area contributed by atoms with Crippen molar-refractivity contribution < 1.29 is 27.4 Å². The molecule has 1 atom stereocenters. The van der Waals surface area contributed by atoms with Gasteiger partial charge in [0.05, 0.1) is 15.8 Å². The molecule has 1 heterocycles. The van der Waals surface area contributed by atoms with Crippen LogP contribution in [0, 0.1) is 0 Å². The van der Waals surface area contributed by atoms with Gasteiger partial charge in [-0.15, -0.1) is 0 Å². The Bertz CT molecular complexity index is 939. The van der Waals surface area contributed by atoms with E-state index in [1.54, 1.807) is 24.3 Å². The molecule has 3 rings (SSSR count). The Morgan fingerprint density at radius 2 is 1.81 bits per heavy atom. The summed E-state index contributed by atoms with van der Waals surface area (Å²) in [6.45, 7) is 1.53. The predicted octanol–water partition coefficient (Wildman–Crippen LogP) is 4.36. The maximum Gasteiger partial charge on any atom is 0.416 e. The number of nitrogens with zero attached hydrogens (tertiary/aromatic N) is 1. The minimum atomic E-state index is -4.42. The first kappa shape index (κ1) is 18.0. The Hall–Kier alpha value is -2.81. The molecule has 5 nitrogen and oxygen atoms in total. The van der Waals surface area contributed by atoms with E-state index in [2.05, 4.69) is 4.98 Å². The minimum Gasteiger partial charge on any atom is -0.481 e. The first-order chi connectivity index (χ1) is 12.2. The van der Waals surface area contributed by atoms with E-state index in [9.17, 15) is 18.0 Å². The van der Waals surface area contributed by atoms with Crippen molar-refractivity contribution in [3.63, 3.8) is 0 Å². The summed E-state index contributed by atoms with van der Waals surface area (Å²) in [5.41, 5.74) is 4.58. The van der Waals surface area contributed by atoms with E-state index in [-0.39, 0.29) is 10.7 Å². The first-order valence-electron chi connectivity index (χ1n) is 7.44. The normalized spacial score (nSPS) is 12.8. The molecule has 0 saturated heterocycles. The maximum atomic E-state index is 12.8. The Balaban J connectivity index is 1.75. The van der Waals surface area contributed by atoms with Gasteiger partial charge in [0, 0.05) is 0 Å². The van der Waals surface area contributed by atoms with Crippen LogP contribution in [0.1, 0.15) is 12.5 Å². The summed E-state index contributed by atoms with van der Waals surface area (Å²) < 4.78 is 49.7. The fourth-order valence-corrected chi connectivity index (χ4v) is 2.89. The molecule has 0 spiro atoms. The van der Waals surface area contributed by atoms with Crippen LogP contribution in [0.3, 0.4) is 0 Å².